The average Bonchev–Trinajstić information content (AvgIpc) is 3.39. The molecule has 8 nitrogen and oxygen atoms in total. The fourth-order valence-electron chi connectivity index (χ4n) is 3.61. The number of rotatable bonds is 4. The van der Waals surface area contributed by atoms with E-state index in [2.05, 4.69) is 21.8 Å². The molecule has 4 rings (SSSR count). The Bertz CT molecular complexity index is 1110. The van der Waals surface area contributed by atoms with Crippen molar-refractivity contribution in [1.82, 2.24) is 25.0 Å². The van der Waals surface area contributed by atoms with Crippen LogP contribution in [0.15, 0.2) is 49.1 Å². The van der Waals surface area contributed by atoms with Gasteiger partial charge in [-0.1, -0.05) is 18.7 Å². The van der Waals surface area contributed by atoms with Gasteiger partial charge in [0.1, 0.15) is 11.4 Å². The summed E-state index contributed by atoms with van der Waals surface area (Å²) in [5, 5.41) is 19.1. The third-order valence-corrected chi connectivity index (χ3v) is 5.31. The number of likely N-dealkylation sites (tertiary alicyclic amines) is 1. The molecule has 8 heteroatoms. The Morgan fingerprint density at radius 2 is 2.10 bits per heavy atom. The second kappa shape index (κ2) is 7.38. The van der Waals surface area contributed by atoms with Crippen LogP contribution in [-0.4, -0.2) is 68.1 Å². The number of nitrogens with zero attached hydrogens (tertiary/aromatic N) is 4. The molecule has 3 heterocycles. The molecule has 0 unspecified atom stereocenters. The minimum atomic E-state index is -0.151. The number of H-pyrrole nitrogens is 1. The predicted octanol–water partition coefficient (Wildman–Crippen LogP) is 2.19. The summed E-state index contributed by atoms with van der Waals surface area (Å²) in [6, 6.07) is 10.4. The van der Waals surface area contributed by atoms with Gasteiger partial charge in [-0.3, -0.25) is 9.59 Å². The Morgan fingerprint density at radius 3 is 2.86 bits per heavy atom. The summed E-state index contributed by atoms with van der Waals surface area (Å²) in [5.74, 6) is -0.176. The fourth-order valence-corrected chi connectivity index (χ4v) is 3.61. The molecule has 1 saturated heterocycles. The zero-order valence-electron chi connectivity index (χ0n) is 16.0. The van der Waals surface area contributed by atoms with Crippen LogP contribution in [0.4, 0.5) is 0 Å². The van der Waals surface area contributed by atoms with E-state index in [1.807, 2.05) is 6.07 Å². The first-order chi connectivity index (χ1) is 14.0. The van der Waals surface area contributed by atoms with E-state index in [0.717, 1.165) is 11.8 Å². The van der Waals surface area contributed by atoms with Crippen molar-refractivity contribution >= 4 is 22.8 Å². The SMILES string of the molecule is C=CC(=O)N(C)[C@H]1CCN(C(=O)c2cc3cc(-c4ccccc4O)nnc3[nH]2)C1. The molecule has 29 heavy (non-hydrogen) atoms. The molecule has 148 valence electrons. The number of carbonyl (C=O) groups is 2. The third-order valence-electron chi connectivity index (χ3n) is 5.31. The maximum Gasteiger partial charge on any atom is 0.270 e. The summed E-state index contributed by atoms with van der Waals surface area (Å²) in [6.07, 6.45) is 2.00. The van der Waals surface area contributed by atoms with E-state index in [0.29, 0.717) is 35.7 Å². The van der Waals surface area contributed by atoms with Gasteiger partial charge in [-0.25, -0.2) is 0 Å². The van der Waals surface area contributed by atoms with Crippen LogP contribution in [0.1, 0.15) is 16.9 Å². The number of nitrogens with one attached hydrogen (secondary N) is 1. The number of fused-ring (bicyclic) bond motifs is 1. The van der Waals surface area contributed by atoms with Gasteiger partial charge in [-0.05, 0) is 36.8 Å². The molecule has 2 amide bonds. The smallest absolute Gasteiger partial charge is 0.270 e. The number of aromatic hydroxyl groups is 1. The monoisotopic (exact) mass is 391 g/mol. The molecular weight excluding hydrogens is 370 g/mol. The Hall–Kier alpha value is -3.68. The summed E-state index contributed by atoms with van der Waals surface area (Å²) < 4.78 is 0. The van der Waals surface area contributed by atoms with E-state index in [1.165, 1.54) is 6.08 Å². The van der Waals surface area contributed by atoms with Crippen LogP contribution in [0.2, 0.25) is 0 Å². The normalized spacial score (nSPS) is 16.2. The van der Waals surface area contributed by atoms with Crippen LogP contribution in [0.3, 0.4) is 0 Å². The number of amides is 2. The molecule has 2 N–H and O–H groups in total. The molecule has 0 saturated carbocycles. The third kappa shape index (κ3) is 3.44. The van der Waals surface area contributed by atoms with Gasteiger partial charge in [0.25, 0.3) is 5.91 Å². The summed E-state index contributed by atoms with van der Waals surface area (Å²) in [6.45, 7) is 4.55. The van der Waals surface area contributed by atoms with E-state index in [9.17, 15) is 14.7 Å². The average molecular weight is 391 g/mol. The van der Waals surface area contributed by atoms with Crippen molar-refractivity contribution in [1.29, 1.82) is 0 Å². The zero-order chi connectivity index (χ0) is 20.5. The Balaban J connectivity index is 1.55. The van der Waals surface area contributed by atoms with Crippen molar-refractivity contribution in [3.63, 3.8) is 0 Å². The first kappa shape index (κ1) is 18.7. The highest BCUT2D eigenvalue weighted by Gasteiger charge is 2.31. The van der Waals surface area contributed by atoms with Crippen LogP contribution in [-0.2, 0) is 4.79 Å². The highest BCUT2D eigenvalue weighted by molar-refractivity contribution is 5.98. The van der Waals surface area contributed by atoms with Gasteiger partial charge >= 0.3 is 0 Å². The number of hydrogen-bond acceptors (Lipinski definition) is 5. The van der Waals surface area contributed by atoms with E-state index >= 15 is 0 Å². The first-order valence-corrected chi connectivity index (χ1v) is 9.31. The number of phenolic OH excluding ortho intramolecular Hbond substituents is 1. The fraction of sp³-hybridized carbons (Fsp3) is 0.238. The number of phenols is 1. The Morgan fingerprint density at radius 1 is 1.31 bits per heavy atom. The second-order valence-corrected chi connectivity index (χ2v) is 7.08. The summed E-state index contributed by atoms with van der Waals surface area (Å²) >= 11 is 0. The lowest BCUT2D eigenvalue weighted by Gasteiger charge is -2.23. The quantitative estimate of drug-likeness (QED) is 0.664. The molecule has 1 fully saturated rings. The van der Waals surface area contributed by atoms with Gasteiger partial charge in [0.05, 0.1) is 11.7 Å². The largest absolute Gasteiger partial charge is 0.507 e. The molecule has 0 bridgehead atoms. The zero-order valence-corrected chi connectivity index (χ0v) is 16.0. The minimum Gasteiger partial charge on any atom is -0.507 e. The lowest BCUT2D eigenvalue weighted by molar-refractivity contribution is -0.126. The number of carbonyl (C=O) groups excluding carboxylic acids is 2. The van der Waals surface area contributed by atoms with Crippen molar-refractivity contribution < 1.29 is 14.7 Å². The summed E-state index contributed by atoms with van der Waals surface area (Å²) in [4.78, 5) is 31.1. The van der Waals surface area contributed by atoms with E-state index in [-0.39, 0.29) is 23.6 Å². The topological polar surface area (TPSA) is 102 Å². The van der Waals surface area contributed by atoms with Crippen LogP contribution in [0.25, 0.3) is 22.3 Å². The lowest BCUT2D eigenvalue weighted by Crippen LogP contribution is -2.39. The van der Waals surface area contributed by atoms with Gasteiger partial charge in [-0.2, -0.15) is 0 Å². The molecule has 1 aliphatic rings. The first-order valence-electron chi connectivity index (χ1n) is 9.31. The van der Waals surface area contributed by atoms with E-state index < -0.39 is 0 Å². The van der Waals surface area contributed by atoms with Crippen molar-refractivity contribution in [3.05, 3.63) is 54.7 Å². The molecule has 1 aliphatic heterocycles. The Labute approximate surface area is 167 Å². The van der Waals surface area contributed by atoms with Gasteiger partial charge in [0.15, 0.2) is 5.65 Å². The van der Waals surface area contributed by atoms with Gasteiger partial charge in [0.2, 0.25) is 5.91 Å². The maximum atomic E-state index is 12.9. The summed E-state index contributed by atoms with van der Waals surface area (Å²) in [7, 11) is 1.72. The van der Waals surface area contributed by atoms with Crippen molar-refractivity contribution in [3.8, 4) is 17.0 Å². The van der Waals surface area contributed by atoms with Crippen molar-refractivity contribution in [2.45, 2.75) is 12.5 Å². The number of aromatic nitrogens is 3. The number of aromatic amines is 1. The highest BCUT2D eigenvalue weighted by Crippen LogP contribution is 2.28. The molecule has 0 aliphatic carbocycles. The predicted molar refractivity (Wildman–Crippen MR) is 108 cm³/mol. The number of likely N-dealkylation sites (N-methyl/N-ethyl adjacent to an activating group) is 1. The van der Waals surface area contributed by atoms with Gasteiger partial charge in [0, 0.05) is 31.1 Å². The molecule has 0 spiro atoms. The van der Waals surface area contributed by atoms with Crippen molar-refractivity contribution in [2.24, 2.45) is 0 Å². The van der Waals surface area contributed by atoms with Crippen LogP contribution in [0.5, 0.6) is 5.75 Å². The number of para-hydroxylation sites is 1. The molecular formula is C21H21N5O3. The number of benzene rings is 1. The second-order valence-electron chi connectivity index (χ2n) is 7.08. The minimum absolute atomic E-state index is 0.0266. The van der Waals surface area contributed by atoms with E-state index in [1.54, 1.807) is 47.2 Å². The van der Waals surface area contributed by atoms with Gasteiger partial charge < -0.3 is 19.9 Å². The lowest BCUT2D eigenvalue weighted by atomic mass is 10.1. The standard InChI is InChI=1S/C21H21N5O3/c1-3-19(28)25(2)14-8-9-26(12-14)21(29)17-11-13-10-16(23-24-20(13)22-17)15-6-4-5-7-18(15)27/h3-7,10-11,14,27H,1,8-9,12H2,2H3,(H,22,24)/t14-/m0/s1. The van der Waals surface area contributed by atoms with Crippen LogP contribution >= 0.6 is 0 Å². The highest BCUT2D eigenvalue weighted by atomic mass is 16.3. The molecule has 2 aromatic heterocycles. The van der Waals surface area contributed by atoms with E-state index in [4.69, 9.17) is 0 Å². The number of hydrogen-bond donors (Lipinski definition) is 2. The Kier molecular flexibility index (Phi) is 4.75. The maximum absolute atomic E-state index is 12.9. The molecule has 0 radical (unpaired) electrons. The molecule has 1 aromatic carbocycles. The molecule has 3 aromatic rings. The van der Waals surface area contributed by atoms with Gasteiger partial charge in [-0.15, -0.1) is 10.2 Å². The summed E-state index contributed by atoms with van der Waals surface area (Å²) in [5.41, 5.74) is 2.02. The molecule has 1 atom stereocenters. The van der Waals surface area contributed by atoms with Crippen LogP contribution < -0.4 is 0 Å². The van der Waals surface area contributed by atoms with Crippen LogP contribution in [0, 0.1) is 0 Å². The van der Waals surface area contributed by atoms with Crippen molar-refractivity contribution in [2.75, 3.05) is 20.1 Å².